The number of benzene rings is 1. The maximum absolute atomic E-state index is 6.28. The monoisotopic (exact) mass is 220 g/mol. The molecule has 16 heavy (non-hydrogen) atoms. The molecule has 1 aliphatic heterocycles. The van der Waals surface area contributed by atoms with Crippen LogP contribution in [0.15, 0.2) is 18.2 Å². The van der Waals surface area contributed by atoms with E-state index in [1.807, 2.05) is 6.07 Å². The smallest absolute Gasteiger partial charge is 0.121 e. The average molecular weight is 220 g/mol. The first-order chi connectivity index (χ1) is 7.54. The van der Waals surface area contributed by atoms with E-state index in [1.54, 1.807) is 7.11 Å². The van der Waals surface area contributed by atoms with E-state index in [2.05, 4.69) is 31.3 Å². The maximum Gasteiger partial charge on any atom is 0.121 e. The second kappa shape index (κ2) is 4.07. The Morgan fingerprint density at radius 1 is 1.50 bits per heavy atom. The topological polar surface area (TPSA) is 47.3 Å². The summed E-state index contributed by atoms with van der Waals surface area (Å²) in [6.07, 6.45) is 0. The third-order valence-electron chi connectivity index (χ3n) is 3.47. The van der Waals surface area contributed by atoms with Gasteiger partial charge in [-0.15, -0.1) is 0 Å². The van der Waals surface area contributed by atoms with Crippen molar-refractivity contribution in [3.8, 4) is 5.75 Å². The van der Waals surface area contributed by atoms with Gasteiger partial charge in [-0.1, -0.05) is 12.1 Å². The van der Waals surface area contributed by atoms with Gasteiger partial charge in [0.2, 0.25) is 0 Å². The molecule has 1 heterocycles. The van der Waals surface area contributed by atoms with E-state index in [0.29, 0.717) is 5.92 Å². The SMILES string of the molecule is COc1ccc(C2CNCC2(C)N)cc1C. The van der Waals surface area contributed by atoms with Crippen LogP contribution in [0.4, 0.5) is 0 Å². The third-order valence-corrected chi connectivity index (χ3v) is 3.47. The van der Waals surface area contributed by atoms with E-state index in [-0.39, 0.29) is 5.54 Å². The van der Waals surface area contributed by atoms with E-state index >= 15 is 0 Å². The van der Waals surface area contributed by atoms with Crippen LogP contribution in [-0.4, -0.2) is 25.7 Å². The first-order valence-electron chi connectivity index (χ1n) is 5.69. The highest BCUT2D eigenvalue weighted by Gasteiger charge is 2.36. The Balaban J connectivity index is 2.31. The molecule has 0 amide bonds. The van der Waals surface area contributed by atoms with E-state index in [4.69, 9.17) is 10.5 Å². The van der Waals surface area contributed by atoms with Crippen molar-refractivity contribution < 1.29 is 4.74 Å². The van der Waals surface area contributed by atoms with Gasteiger partial charge in [-0.25, -0.2) is 0 Å². The molecule has 2 atom stereocenters. The number of ether oxygens (including phenoxy) is 1. The van der Waals surface area contributed by atoms with Crippen molar-refractivity contribution in [2.24, 2.45) is 5.73 Å². The van der Waals surface area contributed by atoms with Crippen LogP contribution >= 0.6 is 0 Å². The first-order valence-corrected chi connectivity index (χ1v) is 5.69. The molecule has 0 spiro atoms. The summed E-state index contributed by atoms with van der Waals surface area (Å²) in [6.45, 7) is 6.01. The van der Waals surface area contributed by atoms with Gasteiger partial charge in [0.05, 0.1) is 7.11 Å². The van der Waals surface area contributed by atoms with Crippen molar-refractivity contribution in [3.63, 3.8) is 0 Å². The van der Waals surface area contributed by atoms with E-state index in [9.17, 15) is 0 Å². The fourth-order valence-corrected chi connectivity index (χ4v) is 2.46. The van der Waals surface area contributed by atoms with E-state index in [0.717, 1.165) is 18.8 Å². The molecule has 0 bridgehead atoms. The second-order valence-corrected chi connectivity index (χ2v) is 4.92. The summed E-state index contributed by atoms with van der Waals surface area (Å²) in [5, 5.41) is 3.35. The van der Waals surface area contributed by atoms with Crippen molar-refractivity contribution >= 4 is 0 Å². The molecule has 88 valence electrons. The molecule has 1 fully saturated rings. The summed E-state index contributed by atoms with van der Waals surface area (Å²) in [7, 11) is 1.70. The zero-order valence-corrected chi connectivity index (χ0v) is 10.2. The Labute approximate surface area is 97.0 Å². The molecule has 1 aromatic rings. The van der Waals surface area contributed by atoms with Gasteiger partial charge in [0, 0.05) is 24.5 Å². The van der Waals surface area contributed by atoms with Crippen molar-refractivity contribution in [3.05, 3.63) is 29.3 Å². The lowest BCUT2D eigenvalue weighted by molar-refractivity contribution is 0.410. The summed E-state index contributed by atoms with van der Waals surface area (Å²) >= 11 is 0. The number of hydrogen-bond acceptors (Lipinski definition) is 3. The highest BCUT2D eigenvalue weighted by molar-refractivity contribution is 5.39. The van der Waals surface area contributed by atoms with Gasteiger partial charge in [-0.2, -0.15) is 0 Å². The largest absolute Gasteiger partial charge is 0.496 e. The Kier molecular flexibility index (Phi) is 2.91. The number of aryl methyl sites for hydroxylation is 1. The molecular formula is C13H20N2O. The van der Waals surface area contributed by atoms with Gasteiger partial charge in [0.25, 0.3) is 0 Å². The van der Waals surface area contributed by atoms with Crippen LogP contribution in [0, 0.1) is 6.92 Å². The molecule has 2 rings (SSSR count). The minimum atomic E-state index is -0.152. The van der Waals surface area contributed by atoms with Crippen LogP contribution in [-0.2, 0) is 0 Å². The Bertz CT molecular complexity index is 388. The Morgan fingerprint density at radius 2 is 2.25 bits per heavy atom. The van der Waals surface area contributed by atoms with E-state index in [1.165, 1.54) is 11.1 Å². The quantitative estimate of drug-likeness (QED) is 0.792. The van der Waals surface area contributed by atoms with Crippen molar-refractivity contribution in [1.29, 1.82) is 0 Å². The number of methoxy groups -OCH3 is 1. The van der Waals surface area contributed by atoms with Crippen LogP contribution in [0.3, 0.4) is 0 Å². The van der Waals surface area contributed by atoms with Crippen LogP contribution in [0.5, 0.6) is 5.75 Å². The number of rotatable bonds is 2. The average Bonchev–Trinajstić information content (AvgIpc) is 2.58. The maximum atomic E-state index is 6.28. The molecule has 0 aromatic heterocycles. The third kappa shape index (κ3) is 1.93. The van der Waals surface area contributed by atoms with Crippen LogP contribution < -0.4 is 15.8 Å². The van der Waals surface area contributed by atoms with Crippen LogP contribution in [0.25, 0.3) is 0 Å². The highest BCUT2D eigenvalue weighted by atomic mass is 16.5. The van der Waals surface area contributed by atoms with Crippen molar-refractivity contribution in [2.75, 3.05) is 20.2 Å². The molecule has 3 nitrogen and oxygen atoms in total. The minimum absolute atomic E-state index is 0.152. The predicted octanol–water partition coefficient (Wildman–Crippen LogP) is 1.41. The van der Waals surface area contributed by atoms with Gasteiger partial charge in [-0.05, 0) is 31.0 Å². The molecule has 3 heteroatoms. The molecule has 0 radical (unpaired) electrons. The summed E-state index contributed by atoms with van der Waals surface area (Å²) in [5.41, 5.74) is 8.60. The normalized spacial score (nSPS) is 29.4. The number of hydrogen-bond donors (Lipinski definition) is 2. The molecule has 0 saturated carbocycles. The van der Waals surface area contributed by atoms with Crippen molar-refractivity contribution in [2.45, 2.75) is 25.3 Å². The summed E-state index contributed by atoms with van der Waals surface area (Å²) in [5.74, 6) is 1.32. The lowest BCUT2D eigenvalue weighted by Crippen LogP contribution is -2.42. The zero-order valence-electron chi connectivity index (χ0n) is 10.2. The van der Waals surface area contributed by atoms with E-state index < -0.39 is 0 Å². The van der Waals surface area contributed by atoms with Gasteiger partial charge in [0.15, 0.2) is 0 Å². The summed E-state index contributed by atoms with van der Waals surface area (Å²) < 4.78 is 5.27. The fourth-order valence-electron chi connectivity index (χ4n) is 2.46. The summed E-state index contributed by atoms with van der Waals surface area (Å²) in [6, 6.07) is 6.33. The van der Waals surface area contributed by atoms with Crippen molar-refractivity contribution in [1.82, 2.24) is 5.32 Å². The Morgan fingerprint density at radius 3 is 2.75 bits per heavy atom. The Hall–Kier alpha value is -1.06. The van der Waals surface area contributed by atoms with Gasteiger partial charge < -0.3 is 15.8 Å². The first kappa shape index (κ1) is 11.4. The fraction of sp³-hybridized carbons (Fsp3) is 0.538. The van der Waals surface area contributed by atoms with Crippen LogP contribution in [0.1, 0.15) is 24.0 Å². The number of nitrogens with one attached hydrogen (secondary N) is 1. The van der Waals surface area contributed by atoms with Gasteiger partial charge >= 0.3 is 0 Å². The summed E-state index contributed by atoms with van der Waals surface area (Å²) in [4.78, 5) is 0. The lowest BCUT2D eigenvalue weighted by Gasteiger charge is -2.26. The minimum Gasteiger partial charge on any atom is -0.496 e. The standard InChI is InChI=1S/C13H20N2O/c1-9-6-10(4-5-12(9)16-3)11-7-15-8-13(11,2)14/h4-6,11,15H,7-8,14H2,1-3H3. The van der Waals surface area contributed by atoms with Gasteiger partial charge in [0.1, 0.15) is 5.75 Å². The molecule has 1 aliphatic rings. The molecule has 0 aliphatic carbocycles. The van der Waals surface area contributed by atoms with Gasteiger partial charge in [-0.3, -0.25) is 0 Å². The molecular weight excluding hydrogens is 200 g/mol. The molecule has 2 unspecified atom stereocenters. The lowest BCUT2D eigenvalue weighted by atomic mass is 9.84. The molecule has 3 N–H and O–H groups in total. The van der Waals surface area contributed by atoms with Crippen LogP contribution in [0.2, 0.25) is 0 Å². The predicted molar refractivity (Wildman–Crippen MR) is 65.9 cm³/mol. The highest BCUT2D eigenvalue weighted by Crippen LogP contribution is 2.31. The number of nitrogens with two attached hydrogens (primary N) is 1. The molecule has 1 aromatic carbocycles. The zero-order chi connectivity index (χ0) is 11.8. The molecule has 1 saturated heterocycles. The second-order valence-electron chi connectivity index (χ2n) is 4.92.